The number of alkyl halides is 1. The maximum Gasteiger partial charge on any atom is 0.168 e. The minimum absolute atomic E-state index is 0.155. The molecule has 4 rings (SSSR count). The van der Waals surface area contributed by atoms with E-state index in [1.165, 1.54) is 44.3 Å². The minimum Gasteiger partial charge on any atom is -0.348 e. The van der Waals surface area contributed by atoms with Gasteiger partial charge in [-0.15, -0.1) is 0 Å². The zero-order valence-electron chi connectivity index (χ0n) is 15.3. The predicted molar refractivity (Wildman–Crippen MR) is 110 cm³/mol. The zero-order valence-corrected chi connectivity index (χ0v) is 17.5. The van der Waals surface area contributed by atoms with Gasteiger partial charge in [-0.2, -0.15) is 0 Å². The molecule has 25 heavy (non-hydrogen) atoms. The Bertz CT molecular complexity index is 577. The average molecular weight is 455 g/mol. The third-order valence-corrected chi connectivity index (χ3v) is 6.98. The summed E-state index contributed by atoms with van der Waals surface area (Å²) in [5.74, 6) is 0.640. The summed E-state index contributed by atoms with van der Waals surface area (Å²) >= 11 is 2.52. The van der Waals surface area contributed by atoms with E-state index in [4.69, 9.17) is 9.47 Å². The van der Waals surface area contributed by atoms with Crippen molar-refractivity contribution in [3.63, 3.8) is 0 Å². The van der Waals surface area contributed by atoms with Gasteiger partial charge in [0.05, 0.1) is 16.6 Å². The highest BCUT2D eigenvalue weighted by atomic mass is 127. The molecule has 2 aliphatic heterocycles. The third-order valence-electron chi connectivity index (χ3n) is 6.26. The fraction of sp³-hybridized carbons (Fsp3) is 0.714. The smallest absolute Gasteiger partial charge is 0.168 e. The molecule has 1 atom stereocenters. The summed E-state index contributed by atoms with van der Waals surface area (Å²) in [6.45, 7) is 7.39. The van der Waals surface area contributed by atoms with Gasteiger partial charge in [0, 0.05) is 25.9 Å². The van der Waals surface area contributed by atoms with Crippen LogP contribution in [0.1, 0.15) is 45.4 Å². The first-order valence-electron chi connectivity index (χ1n) is 9.83. The molecule has 0 aromatic carbocycles. The van der Waals surface area contributed by atoms with E-state index < -0.39 is 0 Å². The van der Waals surface area contributed by atoms with Crippen LogP contribution >= 0.6 is 22.6 Å². The van der Waals surface area contributed by atoms with Gasteiger partial charge in [-0.1, -0.05) is 46.9 Å². The van der Waals surface area contributed by atoms with Crippen molar-refractivity contribution in [2.75, 3.05) is 32.8 Å². The number of rotatable bonds is 3. The lowest BCUT2D eigenvalue weighted by molar-refractivity contribution is -0.182. The minimum atomic E-state index is -0.203. The van der Waals surface area contributed by atoms with E-state index in [9.17, 15) is 0 Å². The molecule has 0 aromatic rings. The van der Waals surface area contributed by atoms with Crippen LogP contribution in [-0.2, 0) is 9.47 Å². The number of ether oxygens (including phenoxy) is 2. The fourth-order valence-corrected chi connectivity index (χ4v) is 4.90. The Kier molecular flexibility index (Phi) is 5.43. The largest absolute Gasteiger partial charge is 0.348 e. The summed E-state index contributed by atoms with van der Waals surface area (Å²) in [5.41, 5.74) is 3.07. The average Bonchev–Trinajstić information content (AvgIpc) is 3.00. The summed E-state index contributed by atoms with van der Waals surface area (Å²) in [6, 6.07) is 0. The van der Waals surface area contributed by atoms with E-state index in [0.29, 0.717) is 0 Å². The maximum atomic E-state index is 5.86. The van der Waals surface area contributed by atoms with Crippen LogP contribution in [0.15, 0.2) is 35.5 Å². The third kappa shape index (κ3) is 4.40. The maximum absolute atomic E-state index is 5.86. The molecule has 0 bridgehead atoms. The van der Waals surface area contributed by atoms with E-state index in [1.54, 1.807) is 5.57 Å². The normalized spacial score (nSPS) is 33.0. The van der Waals surface area contributed by atoms with Crippen molar-refractivity contribution in [2.45, 2.75) is 54.7 Å². The first-order chi connectivity index (χ1) is 12.0. The molecule has 2 fully saturated rings. The van der Waals surface area contributed by atoms with Gasteiger partial charge in [-0.05, 0) is 56.2 Å². The molecule has 0 aromatic heterocycles. The molecule has 3 nitrogen and oxygen atoms in total. The van der Waals surface area contributed by atoms with E-state index in [-0.39, 0.29) is 9.21 Å². The number of allylic oxidation sites excluding steroid dienone is 3. The Labute approximate surface area is 165 Å². The van der Waals surface area contributed by atoms with Gasteiger partial charge >= 0.3 is 0 Å². The first-order valence-corrected chi connectivity index (χ1v) is 10.9. The van der Waals surface area contributed by atoms with Crippen molar-refractivity contribution in [2.24, 2.45) is 5.92 Å². The van der Waals surface area contributed by atoms with E-state index >= 15 is 0 Å². The molecule has 2 aliphatic carbocycles. The van der Waals surface area contributed by atoms with Gasteiger partial charge in [0.15, 0.2) is 5.79 Å². The summed E-state index contributed by atoms with van der Waals surface area (Å²) in [7, 11) is 0. The summed E-state index contributed by atoms with van der Waals surface area (Å²) < 4.78 is 11.9. The van der Waals surface area contributed by atoms with Crippen LogP contribution in [0.4, 0.5) is 0 Å². The molecule has 0 N–H and O–H groups in total. The Morgan fingerprint density at radius 3 is 2.52 bits per heavy atom. The molecular weight excluding hydrogens is 425 g/mol. The predicted octanol–water partition coefficient (Wildman–Crippen LogP) is 4.63. The second kappa shape index (κ2) is 7.45. The van der Waals surface area contributed by atoms with Crippen molar-refractivity contribution in [1.29, 1.82) is 0 Å². The molecule has 0 amide bonds. The summed E-state index contributed by atoms with van der Waals surface area (Å²) in [5, 5.41) is 0. The van der Waals surface area contributed by atoms with Gasteiger partial charge in [0.25, 0.3) is 0 Å². The lowest BCUT2D eigenvalue weighted by atomic mass is 9.83. The Balaban J connectivity index is 1.26. The van der Waals surface area contributed by atoms with Crippen LogP contribution in [0.3, 0.4) is 0 Å². The Morgan fingerprint density at radius 2 is 1.80 bits per heavy atom. The monoisotopic (exact) mass is 455 g/mol. The van der Waals surface area contributed by atoms with Crippen molar-refractivity contribution in [3.8, 4) is 0 Å². The molecule has 1 unspecified atom stereocenters. The molecule has 4 aliphatic rings. The molecular formula is C21H30INO2. The number of nitrogens with zero attached hydrogens (tertiary/aromatic N) is 1. The standard InChI is InChI=1S/C21H30INO2/c1-20(22)8-4-18-7-13-23(16-19(18)5-9-20)12-6-17-2-10-21(11-3-17)24-14-15-25-21/h4-5,8-9,17H,2-3,6-7,10-16H2,1H3. The topological polar surface area (TPSA) is 21.7 Å². The molecule has 1 spiro atoms. The van der Waals surface area contributed by atoms with Crippen LogP contribution in [0.5, 0.6) is 0 Å². The summed E-state index contributed by atoms with van der Waals surface area (Å²) in [6.07, 6.45) is 16.6. The second-order valence-electron chi connectivity index (χ2n) is 8.23. The number of hydrogen-bond acceptors (Lipinski definition) is 3. The van der Waals surface area contributed by atoms with Crippen LogP contribution in [0, 0.1) is 5.92 Å². The van der Waals surface area contributed by atoms with E-state index in [0.717, 1.165) is 38.5 Å². The Hall–Kier alpha value is -0.170. The van der Waals surface area contributed by atoms with Gasteiger partial charge < -0.3 is 9.47 Å². The van der Waals surface area contributed by atoms with Crippen LogP contribution in [0.2, 0.25) is 0 Å². The van der Waals surface area contributed by atoms with Gasteiger partial charge in [0.2, 0.25) is 0 Å². The van der Waals surface area contributed by atoms with Crippen LogP contribution in [-0.4, -0.2) is 47.0 Å². The molecule has 4 heteroatoms. The highest BCUT2D eigenvalue weighted by Gasteiger charge is 2.40. The van der Waals surface area contributed by atoms with E-state index in [2.05, 4.69) is 58.7 Å². The number of halogens is 1. The lowest BCUT2D eigenvalue weighted by Gasteiger charge is -2.36. The number of hydrogen-bond donors (Lipinski definition) is 0. The highest BCUT2D eigenvalue weighted by molar-refractivity contribution is 14.1. The first kappa shape index (κ1) is 18.2. The Morgan fingerprint density at radius 1 is 1.12 bits per heavy atom. The van der Waals surface area contributed by atoms with Crippen LogP contribution < -0.4 is 0 Å². The summed E-state index contributed by atoms with van der Waals surface area (Å²) in [4.78, 5) is 2.65. The van der Waals surface area contributed by atoms with Gasteiger partial charge in [-0.3, -0.25) is 4.90 Å². The second-order valence-corrected chi connectivity index (χ2v) is 10.6. The fourth-order valence-electron chi connectivity index (χ4n) is 4.54. The van der Waals surface area contributed by atoms with Crippen molar-refractivity contribution in [1.82, 2.24) is 4.90 Å². The zero-order chi connectivity index (χ0) is 17.3. The molecule has 1 saturated carbocycles. The van der Waals surface area contributed by atoms with Gasteiger partial charge in [-0.25, -0.2) is 0 Å². The molecule has 2 heterocycles. The van der Waals surface area contributed by atoms with Crippen LogP contribution in [0.25, 0.3) is 0 Å². The van der Waals surface area contributed by atoms with Gasteiger partial charge in [0.1, 0.15) is 0 Å². The molecule has 0 radical (unpaired) electrons. The highest BCUT2D eigenvalue weighted by Crippen LogP contribution is 2.39. The van der Waals surface area contributed by atoms with Crippen molar-refractivity contribution >= 4 is 22.6 Å². The van der Waals surface area contributed by atoms with E-state index in [1.807, 2.05) is 0 Å². The quantitative estimate of drug-likeness (QED) is 0.458. The lowest BCUT2D eigenvalue weighted by Crippen LogP contribution is -2.37. The molecule has 138 valence electrons. The van der Waals surface area contributed by atoms with Crippen molar-refractivity contribution < 1.29 is 9.47 Å². The molecule has 1 saturated heterocycles. The SMILES string of the molecule is CC1(I)C=CC2=C(C=C1)CN(CCC1CCC3(CC1)OCCO3)CC2. The van der Waals surface area contributed by atoms with Crippen molar-refractivity contribution in [3.05, 3.63) is 35.5 Å².